The van der Waals surface area contributed by atoms with Crippen molar-refractivity contribution in [3.05, 3.63) is 0 Å². The second-order valence-corrected chi connectivity index (χ2v) is 0.827. The first kappa shape index (κ1) is 5.41. The van der Waals surface area contributed by atoms with Crippen molar-refractivity contribution in [2.45, 2.75) is 6.10 Å². The molecule has 0 fully saturated rings. The van der Waals surface area contributed by atoms with Crippen LogP contribution < -0.4 is 0 Å². The van der Waals surface area contributed by atoms with E-state index in [2.05, 4.69) is 0 Å². The molecule has 0 heterocycles. The first-order chi connectivity index (χ1) is 2.81. The first-order valence-corrected chi connectivity index (χ1v) is 1.49. The van der Waals surface area contributed by atoms with Gasteiger partial charge >= 0.3 is 0 Å². The normalized spacial score (nSPS) is 12.8. The zero-order valence-corrected chi connectivity index (χ0v) is 3.13. The van der Waals surface area contributed by atoms with Gasteiger partial charge in [-0.3, -0.25) is 0 Å². The molecule has 2 N–H and O–H groups in total. The fourth-order valence-corrected chi connectivity index (χ4v) is 0.0408. The predicted molar refractivity (Wildman–Crippen MR) is 18.7 cm³/mol. The molecular formula is C3H5NO2. The van der Waals surface area contributed by atoms with Crippen molar-refractivity contribution in [2.24, 2.45) is 0 Å². The standard InChI is InChI=1S/C3H5NO2/c4-1-3(6)2-5/h3,5-6H,2H2. The van der Waals surface area contributed by atoms with Crippen molar-refractivity contribution in [1.29, 1.82) is 5.26 Å². The summed E-state index contributed by atoms with van der Waals surface area (Å²) in [4.78, 5) is 0. The Morgan fingerprint density at radius 1 is 1.83 bits per heavy atom. The molecule has 0 aliphatic carbocycles. The molecule has 0 bridgehead atoms. The van der Waals surface area contributed by atoms with Gasteiger partial charge in [-0.2, -0.15) is 5.26 Å². The minimum absolute atomic E-state index is 0.476. The number of hydrogen-bond acceptors (Lipinski definition) is 3. The molecule has 0 aliphatic heterocycles. The second-order valence-electron chi connectivity index (χ2n) is 0.827. The Kier molecular flexibility index (Phi) is 2.38. The molecule has 0 radical (unpaired) electrons. The Morgan fingerprint density at radius 3 is 2.33 bits per heavy atom. The molecule has 0 aromatic rings. The van der Waals surface area contributed by atoms with Gasteiger partial charge in [0.05, 0.1) is 12.7 Å². The lowest BCUT2D eigenvalue weighted by molar-refractivity contribution is 0.136. The lowest BCUT2D eigenvalue weighted by atomic mass is 10.4. The van der Waals surface area contributed by atoms with Crippen LogP contribution in [0.5, 0.6) is 0 Å². The maximum Gasteiger partial charge on any atom is 0.163 e. The highest BCUT2D eigenvalue weighted by Gasteiger charge is 1.92. The monoisotopic (exact) mass is 87.0 g/mol. The fraction of sp³-hybridized carbons (Fsp3) is 0.667. The van der Waals surface area contributed by atoms with Crippen LogP contribution in [0.15, 0.2) is 0 Å². The minimum Gasteiger partial charge on any atom is -0.393 e. The predicted octanol–water partition coefficient (Wildman–Crippen LogP) is -1.14. The molecule has 0 aromatic heterocycles. The van der Waals surface area contributed by atoms with Crippen LogP contribution in [-0.4, -0.2) is 22.9 Å². The van der Waals surface area contributed by atoms with Crippen LogP contribution in [0.25, 0.3) is 0 Å². The summed E-state index contributed by atoms with van der Waals surface area (Å²) in [6.07, 6.45) is -1.20. The molecule has 1 atom stereocenters. The van der Waals surface area contributed by atoms with Gasteiger partial charge in [0.25, 0.3) is 0 Å². The van der Waals surface area contributed by atoms with Crippen molar-refractivity contribution < 1.29 is 10.2 Å². The van der Waals surface area contributed by atoms with Crippen LogP contribution in [0, 0.1) is 11.3 Å². The zero-order valence-electron chi connectivity index (χ0n) is 3.13. The van der Waals surface area contributed by atoms with E-state index >= 15 is 0 Å². The number of nitrogens with zero attached hydrogens (tertiary/aromatic N) is 1. The molecule has 3 heteroatoms. The van der Waals surface area contributed by atoms with E-state index in [0.29, 0.717) is 0 Å². The number of hydrogen-bond donors (Lipinski definition) is 2. The number of nitriles is 1. The van der Waals surface area contributed by atoms with E-state index in [0.717, 1.165) is 0 Å². The third kappa shape index (κ3) is 1.70. The van der Waals surface area contributed by atoms with Gasteiger partial charge in [-0.05, 0) is 0 Å². The molecule has 0 spiro atoms. The lowest BCUT2D eigenvalue weighted by Crippen LogP contribution is -2.06. The lowest BCUT2D eigenvalue weighted by Gasteiger charge is -1.86. The Balaban J connectivity index is 3.04. The largest absolute Gasteiger partial charge is 0.393 e. The maximum atomic E-state index is 8.06. The van der Waals surface area contributed by atoms with E-state index in [1.165, 1.54) is 6.07 Å². The first-order valence-electron chi connectivity index (χ1n) is 1.49. The van der Waals surface area contributed by atoms with Crippen molar-refractivity contribution in [1.82, 2.24) is 0 Å². The van der Waals surface area contributed by atoms with Crippen molar-refractivity contribution >= 4 is 0 Å². The van der Waals surface area contributed by atoms with Crippen LogP contribution in [0.2, 0.25) is 0 Å². The summed E-state index contributed by atoms with van der Waals surface area (Å²) in [5, 5.41) is 23.6. The third-order valence-corrected chi connectivity index (χ3v) is 0.322. The van der Waals surface area contributed by atoms with Gasteiger partial charge in [0.15, 0.2) is 6.10 Å². The molecule has 0 saturated heterocycles. The van der Waals surface area contributed by atoms with Gasteiger partial charge in [-0.25, -0.2) is 0 Å². The fourth-order valence-electron chi connectivity index (χ4n) is 0.0408. The highest BCUT2D eigenvalue weighted by molar-refractivity contribution is 4.80. The number of rotatable bonds is 1. The van der Waals surface area contributed by atoms with Crippen molar-refractivity contribution in [2.75, 3.05) is 6.61 Å². The topological polar surface area (TPSA) is 64.2 Å². The highest BCUT2D eigenvalue weighted by Crippen LogP contribution is 1.69. The van der Waals surface area contributed by atoms with Gasteiger partial charge in [0, 0.05) is 0 Å². The Morgan fingerprint density at radius 2 is 2.33 bits per heavy atom. The summed E-state index contributed by atoms with van der Waals surface area (Å²) < 4.78 is 0. The second kappa shape index (κ2) is 2.64. The van der Waals surface area contributed by atoms with Crippen molar-refractivity contribution in [3.8, 4) is 6.07 Å². The Labute approximate surface area is 35.5 Å². The number of aliphatic hydroxyl groups excluding tert-OH is 2. The van der Waals surface area contributed by atoms with Crippen LogP contribution in [0.4, 0.5) is 0 Å². The SMILES string of the molecule is N#CC(O)CO. The van der Waals surface area contributed by atoms with Crippen molar-refractivity contribution in [3.63, 3.8) is 0 Å². The molecule has 0 amide bonds. The van der Waals surface area contributed by atoms with Crippen LogP contribution in [0.3, 0.4) is 0 Å². The minimum atomic E-state index is -1.20. The zero-order chi connectivity index (χ0) is 4.99. The Hall–Kier alpha value is -0.590. The Bertz CT molecular complexity index is 65.7. The third-order valence-electron chi connectivity index (χ3n) is 0.322. The van der Waals surface area contributed by atoms with Gasteiger partial charge in [-0.1, -0.05) is 0 Å². The highest BCUT2D eigenvalue weighted by atomic mass is 16.3. The molecule has 0 saturated carbocycles. The van der Waals surface area contributed by atoms with Crippen LogP contribution in [-0.2, 0) is 0 Å². The smallest absolute Gasteiger partial charge is 0.163 e. The van der Waals surface area contributed by atoms with Gasteiger partial charge in [-0.15, -0.1) is 0 Å². The summed E-state index contributed by atoms with van der Waals surface area (Å²) >= 11 is 0. The summed E-state index contributed by atoms with van der Waals surface area (Å²) in [6, 6.07) is 1.42. The van der Waals surface area contributed by atoms with E-state index in [9.17, 15) is 0 Å². The maximum absolute atomic E-state index is 8.06. The molecule has 3 nitrogen and oxygen atoms in total. The summed E-state index contributed by atoms with van der Waals surface area (Å²) in [6.45, 7) is -0.476. The quantitative estimate of drug-likeness (QED) is 0.397. The van der Waals surface area contributed by atoms with Gasteiger partial charge < -0.3 is 10.2 Å². The molecule has 6 heavy (non-hydrogen) atoms. The van der Waals surface area contributed by atoms with E-state index in [4.69, 9.17) is 15.5 Å². The molecular weight excluding hydrogens is 82.0 g/mol. The van der Waals surface area contributed by atoms with Gasteiger partial charge in [0.1, 0.15) is 0 Å². The summed E-state index contributed by atoms with van der Waals surface area (Å²) in [5.41, 5.74) is 0. The molecule has 0 aromatic carbocycles. The van der Waals surface area contributed by atoms with Gasteiger partial charge in [0.2, 0.25) is 0 Å². The summed E-state index contributed by atoms with van der Waals surface area (Å²) in [5.74, 6) is 0. The number of aliphatic hydroxyl groups is 2. The molecule has 34 valence electrons. The molecule has 0 rings (SSSR count). The average Bonchev–Trinajstić information content (AvgIpc) is 1.65. The molecule has 0 aliphatic rings. The van der Waals surface area contributed by atoms with Crippen LogP contribution >= 0.6 is 0 Å². The van der Waals surface area contributed by atoms with E-state index < -0.39 is 12.7 Å². The van der Waals surface area contributed by atoms with Crippen LogP contribution in [0.1, 0.15) is 0 Å². The average molecular weight is 87.1 g/mol. The van der Waals surface area contributed by atoms with E-state index in [1.54, 1.807) is 0 Å². The van der Waals surface area contributed by atoms with E-state index in [1.807, 2.05) is 0 Å². The van der Waals surface area contributed by atoms with E-state index in [-0.39, 0.29) is 0 Å². The summed E-state index contributed by atoms with van der Waals surface area (Å²) in [7, 11) is 0. The molecule has 1 unspecified atom stereocenters.